The van der Waals surface area contributed by atoms with Crippen molar-refractivity contribution in [2.75, 3.05) is 76.7 Å². The van der Waals surface area contributed by atoms with E-state index in [9.17, 15) is 0 Å². The first-order valence-electron chi connectivity index (χ1n) is 20.9. The summed E-state index contributed by atoms with van der Waals surface area (Å²) in [7, 11) is 6.97. The summed E-state index contributed by atoms with van der Waals surface area (Å²) < 4.78 is 59.1. The summed E-state index contributed by atoms with van der Waals surface area (Å²) in [6, 6.07) is 0. The highest BCUT2D eigenvalue weighted by Crippen LogP contribution is 2.70. The van der Waals surface area contributed by atoms with Gasteiger partial charge in [-0.05, 0) is 113 Å². The lowest BCUT2D eigenvalue weighted by Gasteiger charge is -2.35. The van der Waals surface area contributed by atoms with Crippen LogP contribution in [0.1, 0.15) is 130 Å². The number of hydrogen-bond donors (Lipinski definition) is 0. The zero-order valence-corrected chi connectivity index (χ0v) is 50.8. The van der Waals surface area contributed by atoms with E-state index in [-0.39, 0.29) is 3.41 Å². The van der Waals surface area contributed by atoms with Gasteiger partial charge in [0.25, 0.3) is 0 Å². The fourth-order valence-electron chi connectivity index (χ4n) is 4.80. The van der Waals surface area contributed by atoms with E-state index in [0.717, 1.165) is 23.7 Å². The molecule has 0 N–H and O–H groups in total. The minimum Gasteiger partial charge on any atom is -0.331 e. The molecule has 0 bridgehead atoms. The zero-order valence-electron chi connectivity index (χ0n) is 38.0. The molecule has 350 valence electrons. The van der Waals surface area contributed by atoms with E-state index in [1.54, 1.807) is 0 Å². The molecule has 58 heavy (non-hydrogen) atoms. The van der Waals surface area contributed by atoms with Crippen molar-refractivity contribution in [3.05, 3.63) is 0 Å². The predicted octanol–water partition coefficient (Wildman–Crippen LogP) is 13.9. The highest BCUT2D eigenvalue weighted by Gasteiger charge is 2.70. The summed E-state index contributed by atoms with van der Waals surface area (Å²) in [5, 5.41) is 0. The molecule has 24 heteroatoms. The van der Waals surface area contributed by atoms with Crippen molar-refractivity contribution in [3.8, 4) is 0 Å². The first-order valence-corrected chi connectivity index (χ1v) is 44.4. The van der Waals surface area contributed by atoms with Gasteiger partial charge in [-0.3, -0.25) is 0 Å². The molecule has 9 nitrogen and oxygen atoms in total. The molecule has 0 aliphatic heterocycles. The third kappa shape index (κ3) is 21.6. The minimum atomic E-state index is -3.08. The second kappa shape index (κ2) is 37.5. The Bertz CT molecular complexity index is 837. The second-order valence-electron chi connectivity index (χ2n) is 11.7. The van der Waals surface area contributed by atoms with Gasteiger partial charge in [0, 0.05) is 76.7 Å². The molecule has 0 rings (SSSR count). The van der Waals surface area contributed by atoms with Crippen molar-refractivity contribution >= 4 is 143 Å². The van der Waals surface area contributed by atoms with Crippen LogP contribution in [0.2, 0.25) is 0 Å². The molecule has 0 saturated carbocycles. The second-order valence-corrected chi connectivity index (χ2v) is 54.7. The Balaban J connectivity index is 7.82. The molecule has 0 saturated heterocycles. The molecule has 0 amide bonds. The fourth-order valence-corrected chi connectivity index (χ4v) is 73.1. The van der Waals surface area contributed by atoms with Crippen LogP contribution in [0.3, 0.4) is 0 Å². The molecular weight excluding hydrogens is 1020 g/mol. The van der Waals surface area contributed by atoms with Gasteiger partial charge in [-0.1, -0.05) is 60.8 Å². The molecule has 0 aliphatic carbocycles. The van der Waals surface area contributed by atoms with Crippen LogP contribution >= 0.6 is 94.2 Å². The van der Waals surface area contributed by atoms with Crippen LogP contribution in [-0.2, 0) is 65.1 Å². The summed E-state index contributed by atoms with van der Waals surface area (Å²) in [4.78, 5) is 0. The summed E-state index contributed by atoms with van der Waals surface area (Å²) in [5.41, 5.74) is 0. The summed E-state index contributed by atoms with van der Waals surface area (Å²) in [6.45, 7) is 37.2. The van der Waals surface area contributed by atoms with Crippen molar-refractivity contribution in [2.24, 2.45) is 11.8 Å². The standard InChI is InChI=1S/C34H79O9S12Si3/c1-16-32(14)30-29-31-33(15)34(47-50-53(44-26-11)56(35-17-2,36-18-3)37-19-4,48-51-54(45-27-12)57(38-20-5,39-21-6)40-22-7)49-52-55(46-28-13)58(41-23-8,42-24-9)43-25-10/h32-33H,16-31H2,1-15H3/q+3. The van der Waals surface area contributed by atoms with Crippen LogP contribution in [-0.4, -0.2) is 104 Å². The molecule has 0 aromatic heterocycles. The maximum atomic E-state index is 6.60. The van der Waals surface area contributed by atoms with Crippen molar-refractivity contribution in [1.29, 1.82) is 0 Å². The lowest BCUT2D eigenvalue weighted by atomic mass is 9.98. The van der Waals surface area contributed by atoms with Crippen LogP contribution in [0.15, 0.2) is 0 Å². The molecule has 5 atom stereocenters. The fraction of sp³-hybridized carbons (Fsp3) is 1.00. The summed E-state index contributed by atoms with van der Waals surface area (Å²) in [6.07, 6.45) is 4.67. The Morgan fingerprint density at radius 1 is 0.414 bits per heavy atom. The highest BCUT2D eigenvalue weighted by atomic mass is 33.8. The van der Waals surface area contributed by atoms with Crippen LogP contribution < -0.4 is 0 Å². The number of hydrogen-bond acceptors (Lipinski definition) is 18. The van der Waals surface area contributed by atoms with E-state index in [2.05, 4.69) is 41.5 Å². The Labute approximate surface area is 400 Å². The lowest BCUT2D eigenvalue weighted by Crippen LogP contribution is -2.51. The third-order valence-corrected chi connectivity index (χ3v) is 68.7. The van der Waals surface area contributed by atoms with Gasteiger partial charge >= 0.3 is 23.9 Å². The van der Waals surface area contributed by atoms with Crippen LogP contribution in [0.25, 0.3) is 0 Å². The number of rotatable bonds is 42. The van der Waals surface area contributed by atoms with Gasteiger partial charge in [-0.2, -0.15) is 0 Å². The average molecular weight is 1100 g/mol. The van der Waals surface area contributed by atoms with Gasteiger partial charge in [0.1, 0.15) is 0 Å². The summed E-state index contributed by atoms with van der Waals surface area (Å²) in [5.74, 6) is 3.80. The summed E-state index contributed by atoms with van der Waals surface area (Å²) >= 11 is 0. The Hall–Kier alpha value is 4.49. The Morgan fingerprint density at radius 2 is 0.672 bits per heavy atom. The Morgan fingerprint density at radius 3 is 0.879 bits per heavy atom. The molecule has 0 spiro atoms. The SMILES string of the molecule is CCO[Si](OCC)(OCC)[S+](SCC)SSC(SS[S+](SCC)[Si](OCC)(OCC)OCC)(SS[S+](SCC)[Si](OCC)(OCC)OCC)C(C)CCCC(C)CC. The van der Waals surface area contributed by atoms with Gasteiger partial charge < -0.3 is 39.8 Å². The quantitative estimate of drug-likeness (QED) is 0.0251. The monoisotopic (exact) mass is 1100 g/mol. The van der Waals surface area contributed by atoms with Crippen LogP contribution in [0.4, 0.5) is 0 Å². The maximum Gasteiger partial charge on any atom is 0.808 e. The predicted molar refractivity (Wildman–Crippen MR) is 289 cm³/mol. The normalized spacial score (nSPS) is 16.6. The van der Waals surface area contributed by atoms with E-state index >= 15 is 0 Å². The minimum absolute atomic E-state index is 0.308. The van der Waals surface area contributed by atoms with Crippen LogP contribution in [0.5, 0.6) is 0 Å². The van der Waals surface area contributed by atoms with E-state index < -0.39 is 49.1 Å². The van der Waals surface area contributed by atoms with Gasteiger partial charge in [0.2, 0.25) is 0 Å². The van der Waals surface area contributed by atoms with Crippen molar-refractivity contribution in [1.82, 2.24) is 0 Å². The molecule has 0 fully saturated rings. The molecule has 0 radical (unpaired) electrons. The lowest BCUT2D eigenvalue weighted by molar-refractivity contribution is 0.0958. The molecule has 0 aliphatic rings. The highest BCUT2D eigenvalue weighted by molar-refractivity contribution is 9.35. The Kier molecular flexibility index (Phi) is 40.4. The van der Waals surface area contributed by atoms with E-state index in [1.807, 2.05) is 157 Å². The molecular formula is C34H79O9S12Si3+3. The molecule has 5 unspecified atom stereocenters. The zero-order chi connectivity index (χ0) is 43.9. The van der Waals surface area contributed by atoms with Crippen molar-refractivity contribution in [3.63, 3.8) is 0 Å². The first-order chi connectivity index (χ1) is 27.9. The van der Waals surface area contributed by atoms with Gasteiger partial charge in [-0.15, -0.1) is 0 Å². The van der Waals surface area contributed by atoms with Gasteiger partial charge in [0.05, 0.1) is 32.4 Å². The van der Waals surface area contributed by atoms with E-state index in [4.69, 9.17) is 39.8 Å². The van der Waals surface area contributed by atoms with E-state index in [0.29, 0.717) is 71.3 Å². The topological polar surface area (TPSA) is 83.1 Å². The molecule has 0 aromatic rings. The van der Waals surface area contributed by atoms with Crippen molar-refractivity contribution in [2.45, 2.75) is 133 Å². The third-order valence-electron chi connectivity index (χ3n) is 7.45. The largest absolute Gasteiger partial charge is 0.808 e. The van der Waals surface area contributed by atoms with Crippen molar-refractivity contribution < 1.29 is 39.8 Å². The van der Waals surface area contributed by atoms with Gasteiger partial charge in [-0.25, -0.2) is 0 Å². The van der Waals surface area contributed by atoms with E-state index in [1.165, 1.54) is 19.3 Å². The molecule has 0 aromatic carbocycles. The van der Waals surface area contributed by atoms with Gasteiger partial charge in [0.15, 0.2) is 58.1 Å². The maximum absolute atomic E-state index is 6.60. The molecule has 0 heterocycles. The average Bonchev–Trinajstić information content (AvgIpc) is 3.19. The smallest absolute Gasteiger partial charge is 0.331 e. The first kappa shape index (κ1) is 62.5. The van der Waals surface area contributed by atoms with Crippen LogP contribution in [0, 0.1) is 11.8 Å².